The van der Waals surface area contributed by atoms with Crippen LogP contribution in [-0.4, -0.2) is 36.7 Å². The molecule has 1 aromatic rings. The first-order chi connectivity index (χ1) is 9.45. The molecule has 0 spiro atoms. The first kappa shape index (κ1) is 16.0. The molecular weight excluding hydrogens is 260 g/mol. The van der Waals surface area contributed by atoms with Gasteiger partial charge in [-0.25, -0.2) is 0 Å². The third-order valence-electron chi connectivity index (χ3n) is 2.80. The zero-order valence-electron chi connectivity index (χ0n) is 11.8. The number of carbonyl (C=O) groups is 2. The van der Waals surface area contributed by atoms with Gasteiger partial charge in [0.05, 0.1) is 19.3 Å². The first-order valence-electron chi connectivity index (χ1n) is 6.34. The van der Waals surface area contributed by atoms with Crippen molar-refractivity contribution in [1.29, 1.82) is 0 Å². The fourth-order valence-corrected chi connectivity index (χ4v) is 1.75. The first-order valence-corrected chi connectivity index (χ1v) is 6.34. The third-order valence-corrected chi connectivity index (χ3v) is 2.80. The predicted octanol–water partition coefficient (Wildman–Crippen LogP) is 1.33. The fourth-order valence-electron chi connectivity index (χ4n) is 1.75. The van der Waals surface area contributed by atoms with Crippen molar-refractivity contribution in [3.8, 4) is 5.75 Å². The molecule has 0 aliphatic rings. The quantitative estimate of drug-likeness (QED) is 0.701. The number of rotatable bonds is 7. The number of amides is 1. The van der Waals surface area contributed by atoms with E-state index in [0.717, 1.165) is 0 Å². The number of carbonyl (C=O) groups excluding carboxylic acids is 1. The lowest BCUT2D eigenvalue weighted by Crippen LogP contribution is -2.44. The van der Waals surface area contributed by atoms with Crippen molar-refractivity contribution in [2.24, 2.45) is 5.92 Å². The molecule has 0 fully saturated rings. The van der Waals surface area contributed by atoms with E-state index < -0.39 is 12.0 Å². The number of aliphatic carboxylic acids is 1. The van der Waals surface area contributed by atoms with Crippen molar-refractivity contribution in [3.63, 3.8) is 0 Å². The van der Waals surface area contributed by atoms with Crippen LogP contribution in [0.5, 0.6) is 5.75 Å². The van der Waals surface area contributed by atoms with Gasteiger partial charge in [-0.05, 0) is 18.1 Å². The molecule has 6 nitrogen and oxygen atoms in total. The standard InChI is InChI=1S/C14H20N2O4/c1-9(2)13(14(18)19)15-8-12(17)16-10-6-4-5-7-11(10)20-3/h4-7,9,13,15H,8H2,1-3H3,(H,16,17)(H,18,19). The van der Waals surface area contributed by atoms with Crippen LogP contribution < -0.4 is 15.4 Å². The number of methoxy groups -OCH3 is 1. The summed E-state index contributed by atoms with van der Waals surface area (Å²) in [6.07, 6.45) is 0. The predicted molar refractivity (Wildman–Crippen MR) is 75.9 cm³/mol. The monoisotopic (exact) mass is 280 g/mol. The summed E-state index contributed by atoms with van der Waals surface area (Å²) in [6.45, 7) is 3.49. The van der Waals surface area contributed by atoms with Crippen molar-refractivity contribution in [2.75, 3.05) is 19.0 Å². The molecule has 1 atom stereocenters. The van der Waals surface area contributed by atoms with Gasteiger partial charge in [0.1, 0.15) is 11.8 Å². The minimum absolute atomic E-state index is 0.0762. The summed E-state index contributed by atoms with van der Waals surface area (Å²) in [6, 6.07) is 6.27. The Hall–Kier alpha value is -2.08. The van der Waals surface area contributed by atoms with Crippen LogP contribution >= 0.6 is 0 Å². The maximum absolute atomic E-state index is 11.8. The van der Waals surface area contributed by atoms with Crippen molar-refractivity contribution < 1.29 is 19.4 Å². The second-order valence-electron chi connectivity index (χ2n) is 4.69. The number of carboxylic acids is 1. The van der Waals surface area contributed by atoms with Gasteiger partial charge in [-0.2, -0.15) is 0 Å². The summed E-state index contributed by atoms with van der Waals surface area (Å²) in [7, 11) is 1.52. The van der Waals surface area contributed by atoms with Crippen LogP contribution in [0.4, 0.5) is 5.69 Å². The summed E-state index contributed by atoms with van der Waals surface area (Å²) in [5.41, 5.74) is 0.554. The summed E-state index contributed by atoms with van der Waals surface area (Å²) >= 11 is 0. The van der Waals surface area contributed by atoms with E-state index in [0.29, 0.717) is 11.4 Å². The number of ether oxygens (including phenoxy) is 1. The van der Waals surface area contributed by atoms with Gasteiger partial charge in [0.15, 0.2) is 0 Å². The highest BCUT2D eigenvalue weighted by Gasteiger charge is 2.21. The van der Waals surface area contributed by atoms with E-state index in [4.69, 9.17) is 9.84 Å². The second kappa shape index (κ2) is 7.49. The van der Waals surface area contributed by atoms with Crippen LogP contribution in [0.1, 0.15) is 13.8 Å². The maximum Gasteiger partial charge on any atom is 0.320 e. The highest BCUT2D eigenvalue weighted by Crippen LogP contribution is 2.22. The zero-order valence-corrected chi connectivity index (χ0v) is 11.8. The largest absolute Gasteiger partial charge is 0.495 e. The van der Waals surface area contributed by atoms with Gasteiger partial charge in [-0.1, -0.05) is 26.0 Å². The Morgan fingerprint density at radius 2 is 1.95 bits per heavy atom. The van der Waals surface area contributed by atoms with Gasteiger partial charge in [-0.3, -0.25) is 14.9 Å². The Balaban J connectivity index is 2.57. The maximum atomic E-state index is 11.8. The Kier molecular flexibility index (Phi) is 5.99. The van der Waals surface area contributed by atoms with E-state index in [9.17, 15) is 9.59 Å². The molecule has 6 heteroatoms. The number of benzene rings is 1. The molecule has 1 rings (SSSR count). The lowest BCUT2D eigenvalue weighted by atomic mass is 10.1. The molecule has 0 aliphatic carbocycles. The summed E-state index contributed by atoms with van der Waals surface area (Å²) in [4.78, 5) is 22.8. The highest BCUT2D eigenvalue weighted by atomic mass is 16.5. The van der Waals surface area contributed by atoms with Gasteiger partial charge < -0.3 is 15.2 Å². The summed E-state index contributed by atoms with van der Waals surface area (Å²) < 4.78 is 5.12. The molecule has 0 saturated heterocycles. The number of anilines is 1. The minimum atomic E-state index is -0.968. The summed E-state index contributed by atoms with van der Waals surface area (Å²) in [5, 5.41) is 14.4. The number of nitrogens with one attached hydrogen (secondary N) is 2. The topological polar surface area (TPSA) is 87.7 Å². The molecular formula is C14H20N2O4. The molecule has 1 amide bonds. The normalized spacial score (nSPS) is 12.0. The Bertz CT molecular complexity index is 474. The Morgan fingerprint density at radius 3 is 2.50 bits per heavy atom. The van der Waals surface area contributed by atoms with Gasteiger partial charge in [0.2, 0.25) is 5.91 Å². The average molecular weight is 280 g/mol. The van der Waals surface area contributed by atoms with E-state index in [1.807, 2.05) is 0 Å². The average Bonchev–Trinajstić information content (AvgIpc) is 2.38. The molecule has 0 aromatic heterocycles. The van der Waals surface area contributed by atoms with Crippen LogP contribution in [-0.2, 0) is 9.59 Å². The van der Waals surface area contributed by atoms with Gasteiger partial charge >= 0.3 is 5.97 Å². The zero-order chi connectivity index (χ0) is 15.1. The van der Waals surface area contributed by atoms with Gasteiger partial charge in [0.25, 0.3) is 0 Å². The molecule has 1 unspecified atom stereocenters. The molecule has 0 bridgehead atoms. The van der Waals surface area contributed by atoms with E-state index in [2.05, 4.69) is 10.6 Å². The third kappa shape index (κ3) is 4.55. The van der Waals surface area contributed by atoms with Crippen molar-refractivity contribution in [2.45, 2.75) is 19.9 Å². The number of carboxylic acid groups (broad SMARTS) is 1. The van der Waals surface area contributed by atoms with Crippen molar-refractivity contribution >= 4 is 17.6 Å². The minimum Gasteiger partial charge on any atom is -0.495 e. The molecule has 110 valence electrons. The van der Waals surface area contributed by atoms with Crippen LogP contribution in [0.2, 0.25) is 0 Å². The highest BCUT2D eigenvalue weighted by molar-refractivity contribution is 5.94. The molecule has 0 heterocycles. The second-order valence-corrected chi connectivity index (χ2v) is 4.69. The molecule has 0 aliphatic heterocycles. The fraction of sp³-hybridized carbons (Fsp3) is 0.429. The van der Waals surface area contributed by atoms with Gasteiger partial charge in [-0.15, -0.1) is 0 Å². The van der Waals surface area contributed by atoms with Crippen molar-refractivity contribution in [1.82, 2.24) is 5.32 Å². The van der Waals surface area contributed by atoms with E-state index in [-0.39, 0.29) is 18.4 Å². The SMILES string of the molecule is COc1ccccc1NC(=O)CNC(C(=O)O)C(C)C. The molecule has 0 saturated carbocycles. The number of para-hydroxylation sites is 2. The lowest BCUT2D eigenvalue weighted by Gasteiger charge is -2.17. The molecule has 3 N–H and O–H groups in total. The molecule has 1 aromatic carbocycles. The van der Waals surface area contributed by atoms with Crippen LogP contribution in [0.3, 0.4) is 0 Å². The van der Waals surface area contributed by atoms with Crippen LogP contribution in [0.15, 0.2) is 24.3 Å². The smallest absolute Gasteiger partial charge is 0.320 e. The lowest BCUT2D eigenvalue weighted by molar-refractivity contribution is -0.140. The number of hydrogen-bond donors (Lipinski definition) is 3. The molecule has 20 heavy (non-hydrogen) atoms. The van der Waals surface area contributed by atoms with Crippen LogP contribution in [0, 0.1) is 5.92 Å². The Morgan fingerprint density at radius 1 is 1.30 bits per heavy atom. The Labute approximate surface area is 118 Å². The van der Waals surface area contributed by atoms with E-state index in [1.165, 1.54) is 7.11 Å². The summed E-state index contributed by atoms with van der Waals surface area (Å²) in [5.74, 6) is -0.836. The number of hydrogen-bond acceptors (Lipinski definition) is 4. The molecule has 0 radical (unpaired) electrons. The van der Waals surface area contributed by atoms with Gasteiger partial charge in [0, 0.05) is 0 Å². The van der Waals surface area contributed by atoms with E-state index in [1.54, 1.807) is 38.1 Å². The van der Waals surface area contributed by atoms with Crippen LogP contribution in [0.25, 0.3) is 0 Å². The van der Waals surface area contributed by atoms with E-state index >= 15 is 0 Å². The van der Waals surface area contributed by atoms with Crippen molar-refractivity contribution in [3.05, 3.63) is 24.3 Å².